The minimum Gasteiger partial charge on any atom is -0.480 e. The molecule has 4 amide bonds. The van der Waals surface area contributed by atoms with Crippen molar-refractivity contribution in [3.05, 3.63) is 18.2 Å². The Labute approximate surface area is 196 Å². The third-order valence-corrected chi connectivity index (χ3v) is 4.96. The van der Waals surface area contributed by atoms with Crippen LogP contribution >= 0.6 is 0 Å². The number of rotatable bonds is 16. The quantitative estimate of drug-likeness (QED) is 0.113. The lowest BCUT2D eigenvalue weighted by molar-refractivity contribution is -0.141. The number of carbonyl (C=O) groups is 5. The van der Waals surface area contributed by atoms with Gasteiger partial charge in [0.25, 0.3) is 0 Å². The molecule has 14 nitrogen and oxygen atoms in total. The predicted molar refractivity (Wildman–Crippen MR) is 121 cm³/mol. The summed E-state index contributed by atoms with van der Waals surface area (Å²) < 4.78 is 0. The fourth-order valence-corrected chi connectivity index (χ4v) is 2.94. The lowest BCUT2D eigenvalue weighted by atomic mass is 10.1. The molecule has 34 heavy (non-hydrogen) atoms. The van der Waals surface area contributed by atoms with Gasteiger partial charge in [0.1, 0.15) is 18.1 Å². The summed E-state index contributed by atoms with van der Waals surface area (Å²) in [4.78, 5) is 66.9. The molecular weight excluding hydrogens is 448 g/mol. The maximum atomic E-state index is 13.1. The number of aromatic amines is 1. The Morgan fingerprint density at radius 2 is 1.68 bits per heavy atom. The van der Waals surface area contributed by atoms with Crippen molar-refractivity contribution in [2.45, 2.75) is 69.6 Å². The molecule has 4 unspecified atom stereocenters. The molecule has 0 radical (unpaired) electrons. The number of imidazole rings is 1. The number of unbranched alkanes of at least 4 members (excludes halogenated alkanes) is 1. The zero-order valence-corrected chi connectivity index (χ0v) is 19.1. The van der Waals surface area contributed by atoms with Crippen molar-refractivity contribution in [2.75, 3.05) is 6.54 Å². The molecule has 4 atom stereocenters. The van der Waals surface area contributed by atoms with Crippen LogP contribution in [0.15, 0.2) is 12.5 Å². The number of H-pyrrole nitrogens is 1. The molecular formula is C20H34N8O6. The largest absolute Gasteiger partial charge is 0.480 e. The second kappa shape index (κ2) is 14.6. The minimum absolute atomic E-state index is 0.00321. The fourth-order valence-electron chi connectivity index (χ4n) is 2.94. The molecule has 1 aromatic rings. The molecule has 0 aliphatic rings. The molecule has 0 spiro atoms. The Bertz CT molecular complexity index is 831. The van der Waals surface area contributed by atoms with E-state index < -0.39 is 53.8 Å². The van der Waals surface area contributed by atoms with E-state index in [1.165, 1.54) is 19.4 Å². The molecule has 0 fully saturated rings. The summed E-state index contributed by atoms with van der Waals surface area (Å²) in [5.74, 6) is -3.87. The van der Waals surface area contributed by atoms with E-state index in [1.54, 1.807) is 0 Å². The van der Waals surface area contributed by atoms with Crippen molar-refractivity contribution in [1.82, 2.24) is 25.9 Å². The molecule has 0 saturated carbocycles. The number of carbonyl (C=O) groups excluding carboxylic acids is 4. The summed E-state index contributed by atoms with van der Waals surface area (Å²) in [6.07, 6.45) is 4.10. The molecule has 0 aliphatic heterocycles. The lowest BCUT2D eigenvalue weighted by Gasteiger charge is -2.24. The van der Waals surface area contributed by atoms with Gasteiger partial charge < -0.3 is 43.2 Å². The van der Waals surface area contributed by atoms with Gasteiger partial charge in [-0.1, -0.05) is 0 Å². The van der Waals surface area contributed by atoms with Crippen molar-refractivity contribution in [3.8, 4) is 0 Å². The van der Waals surface area contributed by atoms with Crippen LogP contribution in [-0.2, 0) is 30.4 Å². The number of hydrogen-bond donors (Lipinski definition) is 8. The van der Waals surface area contributed by atoms with E-state index in [9.17, 15) is 24.0 Å². The number of hydrogen-bond acceptors (Lipinski definition) is 8. The second-order valence-corrected chi connectivity index (χ2v) is 7.87. The first-order chi connectivity index (χ1) is 16.0. The van der Waals surface area contributed by atoms with Gasteiger partial charge in [-0.25, -0.2) is 4.98 Å². The van der Waals surface area contributed by atoms with Crippen molar-refractivity contribution in [3.63, 3.8) is 0 Å². The van der Waals surface area contributed by atoms with Crippen LogP contribution in [0.5, 0.6) is 0 Å². The molecule has 0 saturated heterocycles. The highest BCUT2D eigenvalue weighted by molar-refractivity contribution is 5.94. The van der Waals surface area contributed by atoms with Crippen LogP contribution in [0.4, 0.5) is 0 Å². The molecule has 0 aromatic carbocycles. The van der Waals surface area contributed by atoms with Crippen molar-refractivity contribution in [1.29, 1.82) is 0 Å². The van der Waals surface area contributed by atoms with Gasteiger partial charge in [-0.15, -0.1) is 0 Å². The van der Waals surface area contributed by atoms with Crippen molar-refractivity contribution >= 4 is 29.6 Å². The summed E-state index contributed by atoms with van der Waals surface area (Å²) in [5.41, 5.74) is 16.9. The zero-order valence-electron chi connectivity index (χ0n) is 19.1. The summed E-state index contributed by atoms with van der Waals surface area (Å²) in [7, 11) is 0. The minimum atomic E-state index is -1.23. The van der Waals surface area contributed by atoms with Gasteiger partial charge in [0.05, 0.1) is 12.4 Å². The first-order valence-corrected chi connectivity index (χ1v) is 10.9. The highest BCUT2D eigenvalue weighted by atomic mass is 16.4. The molecule has 1 rings (SSSR count). The maximum Gasteiger partial charge on any atom is 0.325 e. The average Bonchev–Trinajstić information content (AvgIpc) is 3.29. The van der Waals surface area contributed by atoms with E-state index in [1.807, 2.05) is 0 Å². The predicted octanol–water partition coefficient (Wildman–Crippen LogP) is -2.77. The SMILES string of the molecule is CC(NC(=O)C(CCCCN)NC(=O)C(Cc1cnc[nH]1)NC(=O)C(N)CCC(N)=O)C(=O)O. The summed E-state index contributed by atoms with van der Waals surface area (Å²) in [5, 5.41) is 16.5. The van der Waals surface area contributed by atoms with Gasteiger partial charge in [0, 0.05) is 24.7 Å². The van der Waals surface area contributed by atoms with Crippen LogP contribution < -0.4 is 33.2 Å². The molecule has 14 heteroatoms. The number of nitrogens with zero attached hydrogens (tertiary/aromatic N) is 1. The van der Waals surface area contributed by atoms with Crippen LogP contribution in [0.3, 0.4) is 0 Å². The number of aromatic nitrogens is 2. The van der Waals surface area contributed by atoms with Crippen LogP contribution in [0.25, 0.3) is 0 Å². The van der Waals surface area contributed by atoms with Crippen molar-refractivity contribution < 1.29 is 29.1 Å². The van der Waals surface area contributed by atoms with Crippen LogP contribution in [0.2, 0.25) is 0 Å². The fraction of sp³-hybridized carbons (Fsp3) is 0.600. The summed E-state index contributed by atoms with van der Waals surface area (Å²) in [6, 6.07) is -4.42. The number of primary amides is 1. The highest BCUT2D eigenvalue weighted by Gasteiger charge is 2.29. The molecule has 1 aromatic heterocycles. The van der Waals surface area contributed by atoms with Crippen LogP contribution in [-0.4, -0.2) is 75.4 Å². The topological polar surface area (TPSA) is 248 Å². The number of carboxylic acids is 1. The first-order valence-electron chi connectivity index (χ1n) is 10.9. The average molecular weight is 483 g/mol. The van der Waals surface area contributed by atoms with E-state index in [0.717, 1.165) is 0 Å². The molecule has 1 heterocycles. The Morgan fingerprint density at radius 3 is 2.24 bits per heavy atom. The van der Waals surface area contributed by atoms with Crippen LogP contribution in [0, 0.1) is 0 Å². The van der Waals surface area contributed by atoms with Crippen LogP contribution in [0.1, 0.15) is 44.7 Å². The molecule has 190 valence electrons. The van der Waals surface area contributed by atoms with Gasteiger partial charge in [-0.05, 0) is 39.2 Å². The zero-order chi connectivity index (χ0) is 25.7. The van der Waals surface area contributed by atoms with E-state index >= 15 is 0 Å². The number of aliphatic carboxylic acids is 1. The monoisotopic (exact) mass is 482 g/mol. The van der Waals surface area contributed by atoms with E-state index in [0.29, 0.717) is 25.1 Å². The van der Waals surface area contributed by atoms with E-state index in [-0.39, 0.29) is 25.7 Å². The Balaban J connectivity index is 2.97. The van der Waals surface area contributed by atoms with E-state index in [2.05, 4.69) is 25.9 Å². The van der Waals surface area contributed by atoms with Crippen molar-refractivity contribution in [2.24, 2.45) is 17.2 Å². The smallest absolute Gasteiger partial charge is 0.325 e. The van der Waals surface area contributed by atoms with Gasteiger partial charge in [0.2, 0.25) is 23.6 Å². The standard InChI is InChI=1S/C20H34N8O6/c1-11(20(33)34)26-18(31)14(4-2-3-7-21)27-19(32)15(8-12-9-24-10-25-12)28-17(30)13(22)5-6-16(23)29/h9-11,13-15H,2-8,21-22H2,1H3,(H2,23,29)(H,24,25)(H,26,31)(H,27,32)(H,28,30)(H,33,34). The van der Waals surface area contributed by atoms with E-state index in [4.69, 9.17) is 22.3 Å². The molecule has 0 aliphatic carbocycles. The number of carboxylic acid groups (broad SMARTS) is 1. The Kier molecular flexibility index (Phi) is 12.2. The van der Waals surface area contributed by atoms with Gasteiger partial charge >= 0.3 is 5.97 Å². The third-order valence-electron chi connectivity index (χ3n) is 4.96. The summed E-state index contributed by atoms with van der Waals surface area (Å²) in [6.45, 7) is 1.68. The van der Waals surface area contributed by atoms with Gasteiger partial charge in [0.15, 0.2) is 0 Å². The number of nitrogens with two attached hydrogens (primary N) is 3. The molecule has 11 N–H and O–H groups in total. The Hall–Kier alpha value is -3.52. The first kappa shape index (κ1) is 28.5. The molecule has 0 bridgehead atoms. The van der Waals surface area contributed by atoms with Gasteiger partial charge in [-0.3, -0.25) is 24.0 Å². The Morgan fingerprint density at radius 1 is 1.03 bits per heavy atom. The second-order valence-electron chi connectivity index (χ2n) is 7.87. The summed E-state index contributed by atoms with van der Waals surface area (Å²) >= 11 is 0. The normalized spacial score (nSPS) is 14.3. The third kappa shape index (κ3) is 10.4. The number of amides is 4. The maximum absolute atomic E-state index is 13.1. The lowest BCUT2D eigenvalue weighted by Crippen LogP contribution is -2.57. The number of nitrogens with one attached hydrogen (secondary N) is 4. The highest BCUT2D eigenvalue weighted by Crippen LogP contribution is 2.06. The van der Waals surface area contributed by atoms with Gasteiger partial charge in [-0.2, -0.15) is 0 Å².